The van der Waals surface area contributed by atoms with Crippen molar-refractivity contribution in [3.05, 3.63) is 62.6 Å². The molecule has 1 amide bonds. The van der Waals surface area contributed by atoms with Crippen molar-refractivity contribution in [3.63, 3.8) is 0 Å². The average molecular weight is 390 g/mol. The van der Waals surface area contributed by atoms with E-state index >= 15 is 0 Å². The zero-order valence-electron chi connectivity index (χ0n) is 12.9. The first-order valence-electron chi connectivity index (χ1n) is 7.62. The monoisotopic (exact) mass is 389 g/mol. The average Bonchev–Trinajstić information content (AvgIpc) is 3.00. The van der Waals surface area contributed by atoms with E-state index in [2.05, 4.69) is 21.2 Å². The molecule has 2 aromatic carbocycles. The van der Waals surface area contributed by atoms with Crippen molar-refractivity contribution in [2.24, 2.45) is 0 Å². The van der Waals surface area contributed by atoms with Gasteiger partial charge < -0.3 is 10.2 Å². The molecule has 0 bridgehead atoms. The number of rotatable bonds is 5. The van der Waals surface area contributed by atoms with Crippen LogP contribution in [-0.4, -0.2) is 17.4 Å². The van der Waals surface area contributed by atoms with Gasteiger partial charge >= 0.3 is 0 Å². The van der Waals surface area contributed by atoms with Crippen LogP contribution >= 0.6 is 15.9 Å². The molecule has 0 atom stereocenters. The van der Waals surface area contributed by atoms with Gasteiger partial charge in [-0.15, -0.1) is 0 Å². The van der Waals surface area contributed by atoms with Crippen molar-refractivity contribution >= 4 is 38.9 Å². The molecular weight excluding hydrogens is 374 g/mol. The first-order valence-corrected chi connectivity index (χ1v) is 8.41. The van der Waals surface area contributed by atoms with E-state index in [9.17, 15) is 14.9 Å². The molecule has 0 aromatic heterocycles. The Bertz CT molecular complexity index is 794. The van der Waals surface area contributed by atoms with Gasteiger partial charge in [0.1, 0.15) is 5.69 Å². The Balaban J connectivity index is 1.76. The van der Waals surface area contributed by atoms with Crippen LogP contribution in [0.5, 0.6) is 0 Å². The lowest BCUT2D eigenvalue weighted by Gasteiger charge is -2.17. The minimum atomic E-state index is -0.410. The van der Waals surface area contributed by atoms with Gasteiger partial charge in [0, 0.05) is 35.7 Å². The summed E-state index contributed by atoms with van der Waals surface area (Å²) in [6.07, 6.45) is 1.47. The number of hydrogen-bond donors (Lipinski definition) is 1. The van der Waals surface area contributed by atoms with Crippen molar-refractivity contribution < 1.29 is 9.72 Å². The second-order valence-corrected chi connectivity index (χ2v) is 6.51. The van der Waals surface area contributed by atoms with Crippen molar-refractivity contribution in [2.75, 3.05) is 16.8 Å². The molecule has 7 heteroatoms. The summed E-state index contributed by atoms with van der Waals surface area (Å²) in [5.74, 6) is 0.142. The molecule has 1 aliphatic rings. The van der Waals surface area contributed by atoms with Crippen LogP contribution in [0, 0.1) is 10.1 Å². The van der Waals surface area contributed by atoms with Gasteiger partial charge in [0.2, 0.25) is 5.91 Å². The molecule has 1 heterocycles. The first kappa shape index (κ1) is 16.4. The quantitative estimate of drug-likeness (QED) is 0.616. The molecule has 124 valence electrons. The van der Waals surface area contributed by atoms with Gasteiger partial charge in [-0.05, 0) is 36.2 Å². The number of halogens is 1. The Morgan fingerprint density at radius 2 is 2.08 bits per heavy atom. The number of anilines is 2. The minimum Gasteiger partial charge on any atom is -0.375 e. The maximum absolute atomic E-state index is 11.8. The van der Waals surface area contributed by atoms with Gasteiger partial charge in [0.05, 0.1) is 4.92 Å². The summed E-state index contributed by atoms with van der Waals surface area (Å²) < 4.78 is 0.661. The van der Waals surface area contributed by atoms with Crippen LogP contribution in [0.1, 0.15) is 18.4 Å². The van der Waals surface area contributed by atoms with Crippen LogP contribution in [0.4, 0.5) is 17.1 Å². The number of amides is 1. The van der Waals surface area contributed by atoms with E-state index in [-0.39, 0.29) is 11.6 Å². The molecule has 0 aliphatic carbocycles. The van der Waals surface area contributed by atoms with E-state index in [1.807, 2.05) is 24.3 Å². The maximum atomic E-state index is 11.8. The highest BCUT2D eigenvalue weighted by atomic mass is 79.9. The lowest BCUT2D eigenvalue weighted by atomic mass is 10.1. The Morgan fingerprint density at radius 1 is 1.25 bits per heavy atom. The van der Waals surface area contributed by atoms with Gasteiger partial charge in [-0.1, -0.05) is 28.1 Å². The summed E-state index contributed by atoms with van der Waals surface area (Å²) in [7, 11) is 0. The summed E-state index contributed by atoms with van der Waals surface area (Å²) in [6.45, 7) is 1.19. The van der Waals surface area contributed by atoms with Gasteiger partial charge in [-0.25, -0.2) is 0 Å². The number of benzene rings is 2. The van der Waals surface area contributed by atoms with Crippen LogP contribution in [0.3, 0.4) is 0 Å². The van der Waals surface area contributed by atoms with Crippen LogP contribution in [0.2, 0.25) is 0 Å². The smallest absolute Gasteiger partial charge is 0.293 e. The fraction of sp³-hybridized carbons (Fsp3) is 0.235. The number of nitrogens with zero attached hydrogens (tertiary/aromatic N) is 2. The predicted molar refractivity (Wildman–Crippen MR) is 96.2 cm³/mol. The van der Waals surface area contributed by atoms with Gasteiger partial charge in [0.15, 0.2) is 0 Å². The summed E-state index contributed by atoms with van der Waals surface area (Å²) in [5, 5.41) is 14.3. The summed E-state index contributed by atoms with van der Waals surface area (Å²) in [5.41, 5.74) is 2.33. The standard InChI is InChI=1S/C17H16BrN3O3/c18-13-6-7-15(16(10-13)21(23)24)19-11-12-3-1-4-14(9-12)20-8-2-5-17(20)22/h1,3-4,6-7,9-10,19H,2,5,8,11H2. The second kappa shape index (κ2) is 7.00. The van der Waals surface area contributed by atoms with Gasteiger partial charge in [0.25, 0.3) is 5.69 Å². The highest BCUT2D eigenvalue weighted by molar-refractivity contribution is 9.10. The topological polar surface area (TPSA) is 75.5 Å². The highest BCUT2D eigenvalue weighted by Crippen LogP contribution is 2.29. The molecule has 1 saturated heterocycles. The Morgan fingerprint density at radius 3 is 2.79 bits per heavy atom. The minimum absolute atomic E-state index is 0.0234. The van der Waals surface area contributed by atoms with E-state index in [1.54, 1.807) is 17.0 Å². The van der Waals surface area contributed by atoms with E-state index in [1.165, 1.54) is 6.07 Å². The van der Waals surface area contributed by atoms with Crippen LogP contribution < -0.4 is 10.2 Å². The summed E-state index contributed by atoms with van der Waals surface area (Å²) >= 11 is 3.24. The van der Waals surface area contributed by atoms with E-state index in [0.29, 0.717) is 23.1 Å². The van der Waals surface area contributed by atoms with E-state index in [0.717, 1.165) is 24.2 Å². The van der Waals surface area contributed by atoms with Crippen molar-refractivity contribution in [1.29, 1.82) is 0 Å². The number of hydrogen-bond acceptors (Lipinski definition) is 4. The van der Waals surface area contributed by atoms with E-state index < -0.39 is 4.92 Å². The Labute approximate surface area is 147 Å². The number of nitrogens with one attached hydrogen (secondary N) is 1. The fourth-order valence-electron chi connectivity index (χ4n) is 2.76. The number of carbonyl (C=O) groups excluding carboxylic acids is 1. The van der Waals surface area contributed by atoms with Gasteiger partial charge in [-0.3, -0.25) is 14.9 Å². The predicted octanol–water partition coefficient (Wildman–Crippen LogP) is 4.10. The molecule has 1 N–H and O–H groups in total. The summed E-state index contributed by atoms with van der Waals surface area (Å²) in [6, 6.07) is 12.6. The highest BCUT2D eigenvalue weighted by Gasteiger charge is 2.21. The Hall–Kier alpha value is -2.41. The third-order valence-corrected chi connectivity index (χ3v) is 4.43. The molecule has 24 heavy (non-hydrogen) atoms. The van der Waals surface area contributed by atoms with Crippen molar-refractivity contribution in [1.82, 2.24) is 0 Å². The number of nitro benzene ring substituents is 1. The largest absolute Gasteiger partial charge is 0.375 e. The molecule has 3 rings (SSSR count). The maximum Gasteiger partial charge on any atom is 0.293 e. The van der Waals surface area contributed by atoms with Crippen molar-refractivity contribution in [3.8, 4) is 0 Å². The molecule has 0 unspecified atom stereocenters. The molecule has 0 spiro atoms. The number of carbonyl (C=O) groups is 1. The number of nitro groups is 1. The summed E-state index contributed by atoms with van der Waals surface area (Å²) in [4.78, 5) is 24.4. The van der Waals surface area contributed by atoms with Crippen LogP contribution in [0.25, 0.3) is 0 Å². The molecule has 1 aliphatic heterocycles. The SMILES string of the molecule is O=C1CCCN1c1cccc(CNc2ccc(Br)cc2[N+](=O)[O-])c1. The Kier molecular flexibility index (Phi) is 4.80. The first-order chi connectivity index (χ1) is 11.5. The molecule has 0 radical (unpaired) electrons. The zero-order valence-corrected chi connectivity index (χ0v) is 14.5. The van der Waals surface area contributed by atoms with Crippen molar-refractivity contribution in [2.45, 2.75) is 19.4 Å². The fourth-order valence-corrected chi connectivity index (χ4v) is 3.11. The van der Waals surface area contributed by atoms with Crippen LogP contribution in [-0.2, 0) is 11.3 Å². The molecule has 1 fully saturated rings. The third kappa shape index (κ3) is 3.56. The molecule has 6 nitrogen and oxygen atoms in total. The lowest BCUT2D eigenvalue weighted by molar-refractivity contribution is -0.384. The normalized spacial score (nSPS) is 14.0. The lowest BCUT2D eigenvalue weighted by Crippen LogP contribution is -2.23. The van der Waals surface area contributed by atoms with E-state index in [4.69, 9.17) is 0 Å². The third-order valence-electron chi connectivity index (χ3n) is 3.94. The zero-order chi connectivity index (χ0) is 17.1. The molecule has 2 aromatic rings. The molecule has 0 saturated carbocycles. The molecular formula is C17H16BrN3O3. The van der Waals surface area contributed by atoms with Gasteiger partial charge in [-0.2, -0.15) is 0 Å². The second-order valence-electron chi connectivity index (χ2n) is 5.59. The van der Waals surface area contributed by atoms with Crippen LogP contribution in [0.15, 0.2) is 46.9 Å².